The van der Waals surface area contributed by atoms with Gasteiger partial charge in [-0.15, -0.1) is 11.3 Å². The first-order valence-corrected chi connectivity index (χ1v) is 8.63. The van der Waals surface area contributed by atoms with Crippen molar-refractivity contribution < 1.29 is 4.74 Å². The van der Waals surface area contributed by atoms with Gasteiger partial charge >= 0.3 is 0 Å². The fraction of sp³-hybridized carbons (Fsp3) is 0.0588. The van der Waals surface area contributed by atoms with Crippen LogP contribution in [0.2, 0.25) is 10.0 Å². The Bertz CT molecular complexity index is 880. The van der Waals surface area contributed by atoms with E-state index in [-0.39, 0.29) is 0 Å². The number of nitrogens with zero attached hydrogens (tertiary/aromatic N) is 2. The molecule has 0 radical (unpaired) electrons. The van der Waals surface area contributed by atoms with E-state index >= 15 is 0 Å². The zero-order chi connectivity index (χ0) is 16.9. The predicted molar refractivity (Wildman–Crippen MR) is 102 cm³/mol. The van der Waals surface area contributed by atoms with Crippen molar-refractivity contribution in [3.63, 3.8) is 0 Å². The standard InChI is InChI=1S/C17H13Cl2N3OS/c1-23-14-4-2-3-11(7-14)16-10-24-17(21-16)22-20-9-12-5-6-13(18)8-15(12)19/h2-10H,1H3,(H,21,22)/b20-9-. The largest absolute Gasteiger partial charge is 0.497 e. The molecule has 0 aliphatic heterocycles. The molecular weight excluding hydrogens is 365 g/mol. The maximum absolute atomic E-state index is 6.10. The molecule has 0 aliphatic rings. The van der Waals surface area contributed by atoms with Crippen molar-refractivity contribution in [3.05, 3.63) is 63.5 Å². The van der Waals surface area contributed by atoms with Gasteiger partial charge in [-0.3, -0.25) is 5.43 Å². The molecule has 0 fully saturated rings. The summed E-state index contributed by atoms with van der Waals surface area (Å²) in [7, 11) is 1.64. The summed E-state index contributed by atoms with van der Waals surface area (Å²) in [6.45, 7) is 0. The highest BCUT2D eigenvalue weighted by atomic mass is 35.5. The molecule has 1 aromatic heterocycles. The molecule has 3 aromatic rings. The molecule has 3 rings (SSSR count). The van der Waals surface area contributed by atoms with Crippen molar-refractivity contribution in [2.24, 2.45) is 5.10 Å². The van der Waals surface area contributed by atoms with Gasteiger partial charge in [0.2, 0.25) is 5.13 Å². The van der Waals surface area contributed by atoms with Crippen LogP contribution in [0.4, 0.5) is 5.13 Å². The van der Waals surface area contributed by atoms with Crippen LogP contribution in [0.5, 0.6) is 5.75 Å². The molecule has 1 N–H and O–H groups in total. The van der Waals surface area contributed by atoms with Crippen LogP contribution in [-0.2, 0) is 0 Å². The van der Waals surface area contributed by atoms with Crippen molar-refractivity contribution in [2.45, 2.75) is 0 Å². The number of anilines is 1. The Morgan fingerprint density at radius 2 is 2.08 bits per heavy atom. The zero-order valence-corrected chi connectivity index (χ0v) is 15.0. The van der Waals surface area contributed by atoms with Gasteiger partial charge in [0, 0.05) is 21.5 Å². The normalized spacial score (nSPS) is 11.0. The SMILES string of the molecule is COc1cccc(-c2csc(N/N=C\c3ccc(Cl)cc3Cl)n2)c1. The average molecular weight is 378 g/mol. The van der Waals surface area contributed by atoms with Crippen molar-refractivity contribution in [1.82, 2.24) is 4.98 Å². The van der Waals surface area contributed by atoms with E-state index in [4.69, 9.17) is 27.9 Å². The molecule has 7 heteroatoms. The fourth-order valence-corrected chi connectivity index (χ4v) is 3.13. The molecule has 0 saturated heterocycles. The quantitative estimate of drug-likeness (QED) is 0.466. The number of rotatable bonds is 5. The summed E-state index contributed by atoms with van der Waals surface area (Å²) in [6.07, 6.45) is 1.63. The lowest BCUT2D eigenvalue weighted by Crippen LogP contribution is -1.91. The maximum Gasteiger partial charge on any atom is 0.203 e. The Morgan fingerprint density at radius 1 is 1.21 bits per heavy atom. The number of hydrazone groups is 1. The molecule has 2 aromatic carbocycles. The average Bonchev–Trinajstić information content (AvgIpc) is 3.06. The first kappa shape index (κ1) is 16.8. The summed E-state index contributed by atoms with van der Waals surface area (Å²) in [5.74, 6) is 0.797. The van der Waals surface area contributed by atoms with Crippen LogP contribution < -0.4 is 10.2 Å². The lowest BCUT2D eigenvalue weighted by Gasteiger charge is -2.01. The second-order valence-corrected chi connectivity index (χ2v) is 6.51. The Balaban J connectivity index is 1.71. The number of hydrogen-bond acceptors (Lipinski definition) is 5. The summed E-state index contributed by atoms with van der Waals surface area (Å²) in [6, 6.07) is 13.0. The number of methoxy groups -OCH3 is 1. The Morgan fingerprint density at radius 3 is 2.88 bits per heavy atom. The molecule has 122 valence electrons. The Kier molecular flexibility index (Phi) is 5.35. The number of nitrogens with one attached hydrogen (secondary N) is 1. The lowest BCUT2D eigenvalue weighted by molar-refractivity contribution is 0.415. The highest BCUT2D eigenvalue weighted by Crippen LogP contribution is 2.27. The van der Waals surface area contributed by atoms with E-state index in [1.54, 1.807) is 31.5 Å². The number of thiazole rings is 1. The van der Waals surface area contributed by atoms with Gasteiger partial charge in [-0.05, 0) is 24.3 Å². The first-order valence-electron chi connectivity index (χ1n) is 7.00. The van der Waals surface area contributed by atoms with Gasteiger partial charge in [-0.1, -0.05) is 41.4 Å². The summed E-state index contributed by atoms with van der Waals surface area (Å²) < 4.78 is 5.23. The number of halogens is 2. The molecule has 1 heterocycles. The number of aromatic nitrogens is 1. The second-order valence-electron chi connectivity index (χ2n) is 4.81. The highest BCUT2D eigenvalue weighted by Gasteiger charge is 2.05. The Labute approximate surface area is 153 Å². The van der Waals surface area contributed by atoms with Gasteiger partial charge < -0.3 is 4.74 Å². The summed E-state index contributed by atoms with van der Waals surface area (Å²) in [5.41, 5.74) is 5.54. The van der Waals surface area contributed by atoms with Crippen LogP contribution in [-0.4, -0.2) is 18.3 Å². The monoisotopic (exact) mass is 377 g/mol. The minimum Gasteiger partial charge on any atom is -0.497 e. The molecule has 0 unspecified atom stereocenters. The van der Waals surface area contributed by atoms with Gasteiger partial charge in [0.15, 0.2) is 0 Å². The number of hydrogen-bond donors (Lipinski definition) is 1. The summed E-state index contributed by atoms with van der Waals surface area (Å²) in [5, 5.41) is 7.95. The van der Waals surface area contributed by atoms with E-state index in [1.807, 2.05) is 29.6 Å². The van der Waals surface area contributed by atoms with E-state index < -0.39 is 0 Å². The molecule has 0 bridgehead atoms. The molecule has 0 atom stereocenters. The third-order valence-corrected chi connectivity index (χ3v) is 4.51. The third-order valence-electron chi connectivity index (χ3n) is 3.20. The Hall–Kier alpha value is -2.08. The van der Waals surface area contributed by atoms with Crippen LogP contribution >= 0.6 is 34.5 Å². The van der Waals surface area contributed by atoms with E-state index in [0.29, 0.717) is 15.2 Å². The number of ether oxygens (including phenoxy) is 1. The van der Waals surface area contributed by atoms with Gasteiger partial charge in [0.05, 0.1) is 24.0 Å². The van der Waals surface area contributed by atoms with Crippen molar-refractivity contribution in [1.29, 1.82) is 0 Å². The fourth-order valence-electron chi connectivity index (χ4n) is 2.00. The minimum atomic E-state index is 0.546. The van der Waals surface area contributed by atoms with Crippen molar-refractivity contribution in [2.75, 3.05) is 12.5 Å². The van der Waals surface area contributed by atoms with Crippen molar-refractivity contribution in [3.8, 4) is 17.0 Å². The van der Waals surface area contributed by atoms with Gasteiger partial charge in [0.25, 0.3) is 0 Å². The van der Waals surface area contributed by atoms with Gasteiger partial charge in [0.1, 0.15) is 5.75 Å². The predicted octanol–water partition coefficient (Wildman–Crippen LogP) is 5.57. The van der Waals surface area contributed by atoms with E-state index in [2.05, 4.69) is 15.5 Å². The first-order chi connectivity index (χ1) is 11.7. The van der Waals surface area contributed by atoms with E-state index in [9.17, 15) is 0 Å². The molecule has 0 saturated carbocycles. The van der Waals surface area contributed by atoms with Gasteiger partial charge in [-0.25, -0.2) is 4.98 Å². The summed E-state index contributed by atoms with van der Waals surface area (Å²) >= 11 is 13.4. The second kappa shape index (κ2) is 7.66. The molecule has 0 aliphatic carbocycles. The van der Waals surface area contributed by atoms with Crippen LogP contribution in [0.25, 0.3) is 11.3 Å². The topological polar surface area (TPSA) is 46.5 Å². The highest BCUT2D eigenvalue weighted by molar-refractivity contribution is 7.14. The van der Waals surface area contributed by atoms with E-state index in [0.717, 1.165) is 22.6 Å². The van der Waals surface area contributed by atoms with Crippen LogP contribution in [0, 0.1) is 0 Å². The van der Waals surface area contributed by atoms with Crippen LogP contribution in [0.15, 0.2) is 52.9 Å². The molecule has 0 amide bonds. The number of benzene rings is 2. The lowest BCUT2D eigenvalue weighted by atomic mass is 10.2. The minimum absolute atomic E-state index is 0.546. The summed E-state index contributed by atoms with van der Waals surface area (Å²) in [4.78, 5) is 4.51. The van der Waals surface area contributed by atoms with E-state index in [1.165, 1.54) is 11.3 Å². The third kappa shape index (κ3) is 4.06. The molecule has 4 nitrogen and oxygen atoms in total. The molecule has 24 heavy (non-hydrogen) atoms. The van der Waals surface area contributed by atoms with Crippen molar-refractivity contribution >= 4 is 45.9 Å². The zero-order valence-electron chi connectivity index (χ0n) is 12.7. The molecular formula is C17H13Cl2N3OS. The van der Waals surface area contributed by atoms with Crippen LogP contribution in [0.3, 0.4) is 0 Å². The van der Waals surface area contributed by atoms with Crippen LogP contribution in [0.1, 0.15) is 5.56 Å². The maximum atomic E-state index is 6.10. The molecule has 0 spiro atoms. The smallest absolute Gasteiger partial charge is 0.203 e. The van der Waals surface area contributed by atoms with Gasteiger partial charge in [-0.2, -0.15) is 5.10 Å².